The first-order valence-electron chi connectivity index (χ1n) is 8.20. The van der Waals surface area contributed by atoms with Crippen LogP contribution in [0.5, 0.6) is 11.5 Å². The van der Waals surface area contributed by atoms with Crippen LogP contribution in [-0.4, -0.2) is 26.3 Å². The van der Waals surface area contributed by atoms with Crippen molar-refractivity contribution in [3.8, 4) is 11.5 Å². The molecule has 0 unspecified atom stereocenters. The Balaban J connectivity index is 1.41. The maximum Gasteiger partial charge on any atom is 0.315 e. The van der Waals surface area contributed by atoms with Crippen LogP contribution in [0.1, 0.15) is 18.4 Å². The lowest BCUT2D eigenvalue weighted by Crippen LogP contribution is -2.43. The van der Waals surface area contributed by atoms with Crippen LogP contribution < -0.4 is 20.1 Å². The van der Waals surface area contributed by atoms with Gasteiger partial charge in [-0.05, 0) is 54.8 Å². The standard InChI is InChI=1S/C19H21ClN2O3/c1-24-16-6-8-17(9-7-16)25-13-12-21-18(23)22-19(10-11-19)14-2-4-15(20)5-3-14/h2-9H,10-13H2,1H3,(H2,21,22,23). The molecule has 1 aliphatic carbocycles. The van der Waals surface area contributed by atoms with Crippen LogP contribution in [-0.2, 0) is 5.54 Å². The average Bonchev–Trinajstić information content (AvgIpc) is 3.40. The molecule has 25 heavy (non-hydrogen) atoms. The molecular weight excluding hydrogens is 340 g/mol. The first-order valence-corrected chi connectivity index (χ1v) is 8.58. The van der Waals surface area contributed by atoms with Crippen molar-refractivity contribution in [1.82, 2.24) is 10.6 Å². The molecule has 2 amide bonds. The summed E-state index contributed by atoms with van der Waals surface area (Å²) in [5.74, 6) is 1.52. The molecule has 6 heteroatoms. The molecule has 132 valence electrons. The summed E-state index contributed by atoms with van der Waals surface area (Å²) in [7, 11) is 1.62. The molecule has 1 fully saturated rings. The predicted octanol–water partition coefficient (Wildman–Crippen LogP) is 3.72. The van der Waals surface area contributed by atoms with Crippen LogP contribution in [0.2, 0.25) is 5.02 Å². The van der Waals surface area contributed by atoms with Crippen LogP contribution in [0.25, 0.3) is 0 Å². The summed E-state index contributed by atoms with van der Waals surface area (Å²) in [6.07, 6.45) is 1.87. The van der Waals surface area contributed by atoms with E-state index in [0.717, 1.165) is 29.9 Å². The Bertz CT molecular complexity index is 712. The van der Waals surface area contributed by atoms with E-state index >= 15 is 0 Å². The van der Waals surface area contributed by atoms with Gasteiger partial charge >= 0.3 is 6.03 Å². The van der Waals surface area contributed by atoms with Crippen molar-refractivity contribution in [1.29, 1.82) is 0 Å². The molecule has 2 aromatic rings. The van der Waals surface area contributed by atoms with Gasteiger partial charge in [-0.1, -0.05) is 23.7 Å². The maximum atomic E-state index is 12.1. The van der Waals surface area contributed by atoms with Gasteiger partial charge in [0, 0.05) is 5.02 Å². The smallest absolute Gasteiger partial charge is 0.315 e. The van der Waals surface area contributed by atoms with E-state index in [9.17, 15) is 4.79 Å². The number of nitrogens with one attached hydrogen (secondary N) is 2. The molecule has 0 heterocycles. The van der Waals surface area contributed by atoms with Gasteiger partial charge in [-0.3, -0.25) is 0 Å². The number of halogens is 1. The molecule has 0 bridgehead atoms. The lowest BCUT2D eigenvalue weighted by Gasteiger charge is -2.18. The number of carbonyl (C=O) groups excluding carboxylic acids is 1. The number of benzene rings is 2. The fourth-order valence-electron chi connectivity index (χ4n) is 2.65. The highest BCUT2D eigenvalue weighted by molar-refractivity contribution is 6.30. The maximum absolute atomic E-state index is 12.1. The molecule has 0 radical (unpaired) electrons. The predicted molar refractivity (Wildman–Crippen MR) is 97.4 cm³/mol. The lowest BCUT2D eigenvalue weighted by molar-refractivity contribution is 0.231. The van der Waals surface area contributed by atoms with E-state index in [1.165, 1.54) is 0 Å². The van der Waals surface area contributed by atoms with Gasteiger partial charge in [0.15, 0.2) is 0 Å². The second-order valence-corrected chi connectivity index (χ2v) is 6.43. The number of ether oxygens (including phenoxy) is 2. The zero-order valence-electron chi connectivity index (χ0n) is 14.0. The van der Waals surface area contributed by atoms with Crippen molar-refractivity contribution in [3.05, 3.63) is 59.1 Å². The number of methoxy groups -OCH3 is 1. The first-order chi connectivity index (χ1) is 12.1. The SMILES string of the molecule is COc1ccc(OCCNC(=O)NC2(c3ccc(Cl)cc3)CC2)cc1. The Morgan fingerprint density at radius 2 is 1.72 bits per heavy atom. The van der Waals surface area contributed by atoms with Crippen LogP contribution in [0.15, 0.2) is 48.5 Å². The normalized spacial score (nSPS) is 14.5. The number of carbonyl (C=O) groups is 1. The van der Waals surface area contributed by atoms with Gasteiger partial charge in [-0.25, -0.2) is 4.79 Å². The van der Waals surface area contributed by atoms with E-state index in [4.69, 9.17) is 21.1 Å². The second-order valence-electron chi connectivity index (χ2n) is 5.99. The summed E-state index contributed by atoms with van der Waals surface area (Å²) in [4.78, 5) is 12.1. The molecule has 0 spiro atoms. The van der Waals surface area contributed by atoms with Crippen molar-refractivity contribution in [3.63, 3.8) is 0 Å². The molecule has 0 aliphatic heterocycles. The number of urea groups is 1. The van der Waals surface area contributed by atoms with E-state index in [1.54, 1.807) is 7.11 Å². The monoisotopic (exact) mass is 360 g/mol. The van der Waals surface area contributed by atoms with Gasteiger partial charge in [0.2, 0.25) is 0 Å². The van der Waals surface area contributed by atoms with Gasteiger partial charge in [-0.15, -0.1) is 0 Å². The number of hydrogen-bond donors (Lipinski definition) is 2. The molecular formula is C19H21ClN2O3. The van der Waals surface area contributed by atoms with Crippen molar-refractivity contribution < 1.29 is 14.3 Å². The fourth-order valence-corrected chi connectivity index (χ4v) is 2.77. The van der Waals surface area contributed by atoms with Crippen molar-refractivity contribution >= 4 is 17.6 Å². The quantitative estimate of drug-likeness (QED) is 0.740. The minimum Gasteiger partial charge on any atom is -0.497 e. The van der Waals surface area contributed by atoms with E-state index in [2.05, 4.69) is 10.6 Å². The number of amides is 2. The highest BCUT2D eigenvalue weighted by atomic mass is 35.5. The molecule has 3 rings (SSSR count). The zero-order valence-corrected chi connectivity index (χ0v) is 14.8. The molecule has 1 aliphatic rings. The Labute approximate surface area is 152 Å². The van der Waals surface area contributed by atoms with Gasteiger partial charge in [-0.2, -0.15) is 0 Å². The fraction of sp³-hybridized carbons (Fsp3) is 0.316. The second kappa shape index (κ2) is 7.66. The highest BCUT2D eigenvalue weighted by Gasteiger charge is 2.45. The summed E-state index contributed by atoms with van der Waals surface area (Å²) in [5, 5.41) is 6.57. The average molecular weight is 361 g/mol. The molecule has 0 saturated heterocycles. The first kappa shape index (κ1) is 17.4. The molecule has 2 aromatic carbocycles. The number of hydrogen-bond acceptors (Lipinski definition) is 3. The number of rotatable bonds is 7. The Hall–Kier alpha value is -2.40. The van der Waals surface area contributed by atoms with Crippen LogP contribution in [0.4, 0.5) is 4.79 Å². The van der Waals surface area contributed by atoms with E-state index < -0.39 is 0 Å². The van der Waals surface area contributed by atoms with Gasteiger partial charge in [0.25, 0.3) is 0 Å². The van der Waals surface area contributed by atoms with Gasteiger partial charge in [0.05, 0.1) is 19.2 Å². The summed E-state index contributed by atoms with van der Waals surface area (Å²) in [6.45, 7) is 0.822. The van der Waals surface area contributed by atoms with E-state index in [-0.39, 0.29) is 11.6 Å². The molecule has 1 saturated carbocycles. The van der Waals surface area contributed by atoms with Gasteiger partial charge < -0.3 is 20.1 Å². The van der Waals surface area contributed by atoms with Crippen molar-refractivity contribution in [2.45, 2.75) is 18.4 Å². The minimum absolute atomic E-state index is 0.189. The molecule has 2 N–H and O–H groups in total. The van der Waals surface area contributed by atoms with Crippen molar-refractivity contribution in [2.75, 3.05) is 20.3 Å². The summed E-state index contributed by atoms with van der Waals surface area (Å²) < 4.78 is 10.7. The van der Waals surface area contributed by atoms with Crippen LogP contribution in [0.3, 0.4) is 0 Å². The zero-order chi connectivity index (χ0) is 17.7. The third-order valence-electron chi connectivity index (χ3n) is 4.22. The lowest BCUT2D eigenvalue weighted by atomic mass is 10.1. The minimum atomic E-state index is -0.258. The molecule has 5 nitrogen and oxygen atoms in total. The Morgan fingerprint density at radius 1 is 1.08 bits per heavy atom. The van der Waals surface area contributed by atoms with E-state index in [1.807, 2.05) is 48.5 Å². The largest absolute Gasteiger partial charge is 0.497 e. The van der Waals surface area contributed by atoms with E-state index in [0.29, 0.717) is 18.2 Å². The summed E-state index contributed by atoms with van der Waals surface area (Å²) in [6, 6.07) is 14.8. The summed E-state index contributed by atoms with van der Waals surface area (Å²) >= 11 is 5.92. The van der Waals surface area contributed by atoms with Gasteiger partial charge in [0.1, 0.15) is 18.1 Å². The third-order valence-corrected chi connectivity index (χ3v) is 4.47. The summed E-state index contributed by atoms with van der Waals surface area (Å²) in [5.41, 5.74) is 0.826. The molecule has 0 atom stereocenters. The van der Waals surface area contributed by atoms with Crippen LogP contribution >= 0.6 is 11.6 Å². The molecule has 0 aromatic heterocycles. The van der Waals surface area contributed by atoms with Crippen LogP contribution in [0, 0.1) is 0 Å². The van der Waals surface area contributed by atoms with Crippen molar-refractivity contribution in [2.24, 2.45) is 0 Å². The highest BCUT2D eigenvalue weighted by Crippen LogP contribution is 2.45. The third kappa shape index (κ3) is 4.57. The Morgan fingerprint density at radius 3 is 2.32 bits per heavy atom. The topological polar surface area (TPSA) is 59.6 Å². The Kier molecular flexibility index (Phi) is 5.34.